The van der Waals surface area contributed by atoms with Crippen LogP contribution in [0.15, 0.2) is 81.6 Å². The van der Waals surface area contributed by atoms with E-state index in [9.17, 15) is 0 Å². The van der Waals surface area contributed by atoms with E-state index in [0.29, 0.717) is 19.5 Å². The van der Waals surface area contributed by atoms with Gasteiger partial charge in [-0.15, -0.1) is 10.1 Å². The van der Waals surface area contributed by atoms with Crippen LogP contribution in [-0.2, 0) is 32.6 Å². The van der Waals surface area contributed by atoms with E-state index < -0.39 is 0 Å². The summed E-state index contributed by atoms with van der Waals surface area (Å²) in [4.78, 5) is 11.7. The molecular formula is C25H22N2O4. The minimum atomic E-state index is 0.602. The van der Waals surface area contributed by atoms with Crippen molar-refractivity contribution in [3.05, 3.63) is 107 Å². The molecule has 0 spiro atoms. The lowest BCUT2D eigenvalue weighted by Crippen LogP contribution is -2.20. The molecular weight excluding hydrogens is 392 g/mol. The third-order valence-electron chi connectivity index (χ3n) is 5.54. The molecule has 6 nitrogen and oxygen atoms in total. The summed E-state index contributed by atoms with van der Waals surface area (Å²) in [7, 11) is 0. The summed E-state index contributed by atoms with van der Waals surface area (Å²) in [6, 6.07) is 24.2. The van der Waals surface area contributed by atoms with Gasteiger partial charge in [-0.1, -0.05) is 36.4 Å². The maximum absolute atomic E-state index is 6.02. The lowest BCUT2D eigenvalue weighted by molar-refractivity contribution is -0.0563. The lowest BCUT2D eigenvalue weighted by atomic mass is 10.2. The molecule has 31 heavy (non-hydrogen) atoms. The van der Waals surface area contributed by atoms with Crippen LogP contribution in [0, 0.1) is 0 Å². The molecule has 0 aliphatic carbocycles. The first-order valence-corrected chi connectivity index (χ1v) is 10.5. The van der Waals surface area contributed by atoms with Crippen LogP contribution < -0.4 is 9.68 Å². The monoisotopic (exact) mass is 414 g/mol. The van der Waals surface area contributed by atoms with Gasteiger partial charge in [-0.2, -0.15) is 0 Å². The van der Waals surface area contributed by atoms with Crippen molar-refractivity contribution in [1.29, 1.82) is 0 Å². The minimum absolute atomic E-state index is 0.602. The van der Waals surface area contributed by atoms with Crippen molar-refractivity contribution in [2.45, 2.75) is 32.6 Å². The molecule has 156 valence electrons. The van der Waals surface area contributed by atoms with Crippen LogP contribution in [0.1, 0.15) is 34.2 Å². The Morgan fingerprint density at radius 3 is 1.48 bits per heavy atom. The maximum atomic E-state index is 6.02. The highest BCUT2D eigenvalue weighted by Crippen LogP contribution is 2.30. The highest BCUT2D eigenvalue weighted by Gasteiger charge is 2.23. The van der Waals surface area contributed by atoms with E-state index in [0.717, 1.165) is 47.6 Å². The first-order chi connectivity index (χ1) is 15.3. The second kappa shape index (κ2) is 7.65. The van der Waals surface area contributed by atoms with Crippen LogP contribution >= 0.6 is 0 Å². The van der Waals surface area contributed by atoms with Gasteiger partial charge in [0.25, 0.3) is 0 Å². The zero-order chi connectivity index (χ0) is 20.6. The van der Waals surface area contributed by atoms with Crippen LogP contribution in [0.2, 0.25) is 0 Å². The highest BCUT2D eigenvalue weighted by molar-refractivity contribution is 5.36. The van der Waals surface area contributed by atoms with Gasteiger partial charge in [0.2, 0.25) is 0 Å². The van der Waals surface area contributed by atoms with Crippen molar-refractivity contribution in [3.63, 3.8) is 0 Å². The largest absolute Gasteiger partial charge is 0.464 e. The number of hydrogen-bond donors (Lipinski definition) is 0. The van der Waals surface area contributed by atoms with E-state index in [4.69, 9.17) is 18.5 Å². The summed E-state index contributed by atoms with van der Waals surface area (Å²) >= 11 is 0. The molecule has 0 radical (unpaired) electrons. The molecule has 0 atom stereocenters. The molecule has 2 aromatic carbocycles. The lowest BCUT2D eigenvalue weighted by Gasteiger charge is -2.12. The van der Waals surface area contributed by atoms with Gasteiger partial charge in [-0.3, -0.25) is 0 Å². The number of fused-ring (bicyclic) bond motifs is 2. The SMILES string of the molecule is c1ccc2c(c1)CN(Cc1ccc(Cc3ccc(CN4Cc5ccccc5O4)o3)o1)O2. The number of rotatable bonds is 6. The van der Waals surface area contributed by atoms with Gasteiger partial charge in [0.15, 0.2) is 11.5 Å². The fourth-order valence-corrected chi connectivity index (χ4v) is 4.07. The van der Waals surface area contributed by atoms with Crippen molar-refractivity contribution in [3.8, 4) is 11.5 Å². The van der Waals surface area contributed by atoms with E-state index >= 15 is 0 Å². The molecule has 0 saturated heterocycles. The predicted octanol–water partition coefficient (Wildman–Crippen LogP) is 5.08. The Kier molecular flexibility index (Phi) is 4.52. The second-order valence-corrected chi connectivity index (χ2v) is 7.91. The number of para-hydroxylation sites is 2. The fourth-order valence-electron chi connectivity index (χ4n) is 4.07. The van der Waals surface area contributed by atoms with Gasteiger partial charge < -0.3 is 18.5 Å². The molecule has 0 bridgehead atoms. The fraction of sp³-hybridized carbons (Fsp3) is 0.200. The van der Waals surface area contributed by atoms with Gasteiger partial charge in [0.1, 0.15) is 23.0 Å². The van der Waals surface area contributed by atoms with Crippen LogP contribution in [0.4, 0.5) is 0 Å². The Hall–Kier alpha value is -3.48. The number of furan rings is 2. The summed E-state index contributed by atoms with van der Waals surface area (Å²) in [6.07, 6.45) is 0.613. The van der Waals surface area contributed by atoms with E-state index in [-0.39, 0.29) is 0 Å². The number of nitrogens with zero attached hydrogens (tertiary/aromatic N) is 2. The van der Waals surface area contributed by atoms with Gasteiger partial charge in [0, 0.05) is 11.1 Å². The molecule has 6 heteroatoms. The Morgan fingerprint density at radius 1 is 0.548 bits per heavy atom. The molecule has 0 N–H and O–H groups in total. The molecule has 0 amide bonds. The molecule has 4 heterocycles. The Bertz CT molecular complexity index is 1070. The summed E-state index contributed by atoms with van der Waals surface area (Å²) in [6.45, 7) is 2.72. The quantitative estimate of drug-likeness (QED) is 0.438. The van der Waals surface area contributed by atoms with Crippen LogP contribution in [-0.4, -0.2) is 10.1 Å². The van der Waals surface area contributed by atoms with E-state index in [1.165, 1.54) is 11.1 Å². The first kappa shape index (κ1) is 18.3. The van der Waals surface area contributed by atoms with Crippen molar-refractivity contribution in [2.75, 3.05) is 0 Å². The smallest absolute Gasteiger partial charge is 0.152 e. The van der Waals surface area contributed by atoms with Gasteiger partial charge >= 0.3 is 0 Å². The van der Waals surface area contributed by atoms with Crippen molar-refractivity contribution < 1.29 is 18.5 Å². The molecule has 0 saturated carbocycles. The standard InChI is InChI=1S/C25H22N2O4/c1-3-7-24-18(5-1)14-26(30-24)16-22-11-9-20(28-22)13-21-10-12-23(29-21)17-27-15-19-6-2-4-8-25(19)31-27/h1-12H,13-17H2. The number of benzene rings is 2. The van der Waals surface area contributed by atoms with Crippen LogP contribution in [0.25, 0.3) is 0 Å². The average molecular weight is 414 g/mol. The zero-order valence-electron chi connectivity index (χ0n) is 17.0. The topological polar surface area (TPSA) is 51.2 Å². The van der Waals surface area contributed by atoms with Crippen LogP contribution in [0.5, 0.6) is 11.5 Å². The first-order valence-electron chi connectivity index (χ1n) is 10.5. The van der Waals surface area contributed by atoms with Crippen molar-refractivity contribution >= 4 is 0 Å². The normalized spacial score (nSPS) is 15.5. The predicted molar refractivity (Wildman–Crippen MR) is 113 cm³/mol. The third-order valence-corrected chi connectivity index (χ3v) is 5.54. The van der Waals surface area contributed by atoms with E-state index in [2.05, 4.69) is 12.1 Å². The zero-order valence-corrected chi connectivity index (χ0v) is 17.0. The van der Waals surface area contributed by atoms with E-state index in [1.54, 1.807) is 0 Å². The van der Waals surface area contributed by atoms with E-state index in [1.807, 2.05) is 70.8 Å². The third kappa shape index (κ3) is 3.83. The Balaban J connectivity index is 1.05. The molecule has 2 aliphatic heterocycles. The molecule has 2 aromatic heterocycles. The van der Waals surface area contributed by atoms with Crippen molar-refractivity contribution in [2.24, 2.45) is 0 Å². The molecule has 2 aliphatic rings. The average Bonchev–Trinajstić information content (AvgIpc) is 3.55. The summed E-state index contributed by atoms with van der Waals surface area (Å²) < 4.78 is 12.0. The van der Waals surface area contributed by atoms with Gasteiger partial charge in [0.05, 0.1) is 32.6 Å². The summed E-state index contributed by atoms with van der Waals surface area (Å²) in [5.74, 6) is 5.33. The second-order valence-electron chi connectivity index (χ2n) is 7.91. The minimum Gasteiger partial charge on any atom is -0.464 e. The van der Waals surface area contributed by atoms with Gasteiger partial charge in [-0.05, 0) is 36.4 Å². The highest BCUT2D eigenvalue weighted by atomic mass is 16.7. The molecule has 0 fully saturated rings. The van der Waals surface area contributed by atoms with Crippen molar-refractivity contribution in [1.82, 2.24) is 10.1 Å². The Labute approximate surface area is 180 Å². The van der Waals surface area contributed by atoms with Gasteiger partial charge in [-0.25, -0.2) is 0 Å². The summed E-state index contributed by atoms with van der Waals surface area (Å²) in [5.41, 5.74) is 2.39. The molecule has 6 rings (SSSR count). The molecule has 0 unspecified atom stereocenters. The van der Waals surface area contributed by atoms with Crippen LogP contribution in [0.3, 0.4) is 0 Å². The number of hydroxylamine groups is 4. The molecule has 4 aromatic rings. The number of hydrogen-bond acceptors (Lipinski definition) is 6. The Morgan fingerprint density at radius 2 is 1.00 bits per heavy atom. The summed E-state index contributed by atoms with van der Waals surface area (Å²) in [5, 5.41) is 3.82. The maximum Gasteiger partial charge on any atom is 0.152 e.